The molecule has 1 aromatic rings. The number of benzene rings is 1. The summed E-state index contributed by atoms with van der Waals surface area (Å²) in [6.07, 6.45) is 1.06. The summed E-state index contributed by atoms with van der Waals surface area (Å²) in [5, 5.41) is 11.2. The summed E-state index contributed by atoms with van der Waals surface area (Å²) in [5.41, 5.74) is 6.32. The van der Waals surface area contributed by atoms with Crippen LogP contribution in [0, 0.1) is 17.2 Å². The van der Waals surface area contributed by atoms with Gasteiger partial charge in [0.1, 0.15) is 6.04 Å². The van der Waals surface area contributed by atoms with Crippen LogP contribution in [-0.4, -0.2) is 17.9 Å². The summed E-state index contributed by atoms with van der Waals surface area (Å²) < 4.78 is 0. The van der Waals surface area contributed by atoms with Crippen LogP contribution in [0.25, 0.3) is 0 Å². The first-order valence-corrected chi connectivity index (χ1v) is 6.54. The lowest BCUT2D eigenvalue weighted by molar-refractivity contribution is -0.128. The van der Waals surface area contributed by atoms with Gasteiger partial charge < -0.3 is 11.1 Å². The number of hydrogen-bond acceptors (Lipinski definition) is 3. The summed E-state index contributed by atoms with van der Waals surface area (Å²) in [6, 6.07) is 10.8. The molecule has 0 radical (unpaired) electrons. The zero-order chi connectivity index (χ0) is 15.0. The second-order valence-corrected chi connectivity index (χ2v) is 4.77. The third-order valence-corrected chi connectivity index (χ3v) is 3.09. The van der Waals surface area contributed by atoms with Gasteiger partial charge >= 0.3 is 0 Å². The van der Waals surface area contributed by atoms with E-state index in [0.29, 0.717) is 6.42 Å². The Balaban J connectivity index is 2.50. The fourth-order valence-corrected chi connectivity index (χ4v) is 1.90. The number of aryl methyl sites for hydroxylation is 1. The third-order valence-electron chi connectivity index (χ3n) is 3.09. The molecule has 0 saturated heterocycles. The van der Waals surface area contributed by atoms with Gasteiger partial charge in [0.2, 0.25) is 11.8 Å². The lowest BCUT2D eigenvalue weighted by atomic mass is 9.98. The predicted octanol–water partition coefficient (Wildman–Crippen LogP) is 1.14. The van der Waals surface area contributed by atoms with E-state index >= 15 is 0 Å². The second kappa shape index (κ2) is 7.95. The van der Waals surface area contributed by atoms with Crippen molar-refractivity contribution in [3.8, 4) is 6.07 Å². The summed E-state index contributed by atoms with van der Waals surface area (Å²) in [4.78, 5) is 23.2. The molecule has 0 aliphatic heterocycles. The van der Waals surface area contributed by atoms with Gasteiger partial charge in [-0.1, -0.05) is 37.3 Å². The van der Waals surface area contributed by atoms with Crippen LogP contribution in [-0.2, 0) is 16.0 Å². The Morgan fingerprint density at radius 3 is 2.55 bits per heavy atom. The standard InChI is InChI=1S/C15H19N3O2/c1-11(9-10-16)14(15(17)20)18-13(19)8-7-12-5-3-2-4-6-12/h2-6,11,14H,7-9H2,1H3,(H2,17,20)(H,18,19)/t11-,14+/m1/s1. The first kappa shape index (κ1) is 15.7. The van der Waals surface area contributed by atoms with Crippen molar-refractivity contribution in [2.45, 2.75) is 32.2 Å². The number of nitrogens with one attached hydrogen (secondary N) is 1. The number of amides is 2. The van der Waals surface area contributed by atoms with Gasteiger partial charge in [0.05, 0.1) is 6.07 Å². The van der Waals surface area contributed by atoms with Crippen LogP contribution in [0.4, 0.5) is 0 Å². The quantitative estimate of drug-likeness (QED) is 0.779. The molecule has 20 heavy (non-hydrogen) atoms. The Kier molecular flexibility index (Phi) is 6.24. The normalized spacial score (nSPS) is 13.0. The van der Waals surface area contributed by atoms with Gasteiger partial charge in [-0.2, -0.15) is 5.26 Å². The van der Waals surface area contributed by atoms with Crippen molar-refractivity contribution in [1.82, 2.24) is 5.32 Å². The molecule has 1 rings (SSSR count). The summed E-state index contributed by atoms with van der Waals surface area (Å²) in [7, 11) is 0. The van der Waals surface area contributed by atoms with Crippen molar-refractivity contribution in [3.63, 3.8) is 0 Å². The average molecular weight is 273 g/mol. The Bertz CT molecular complexity index is 494. The first-order chi connectivity index (χ1) is 9.54. The van der Waals surface area contributed by atoms with Crippen LogP contribution in [0.5, 0.6) is 0 Å². The Hall–Kier alpha value is -2.35. The Morgan fingerprint density at radius 1 is 1.35 bits per heavy atom. The van der Waals surface area contributed by atoms with E-state index in [4.69, 9.17) is 11.0 Å². The average Bonchev–Trinajstić information content (AvgIpc) is 2.43. The van der Waals surface area contributed by atoms with Gasteiger partial charge in [0.15, 0.2) is 0 Å². The Labute approximate surface area is 118 Å². The molecule has 0 aliphatic carbocycles. The zero-order valence-corrected chi connectivity index (χ0v) is 11.5. The highest BCUT2D eigenvalue weighted by molar-refractivity contribution is 5.86. The van der Waals surface area contributed by atoms with Gasteiger partial charge in [0.25, 0.3) is 0 Å². The molecule has 5 nitrogen and oxygen atoms in total. The molecule has 0 saturated carbocycles. The lowest BCUT2D eigenvalue weighted by Crippen LogP contribution is -2.48. The lowest BCUT2D eigenvalue weighted by Gasteiger charge is -2.20. The number of primary amides is 1. The van der Waals surface area contributed by atoms with Gasteiger partial charge in [-0.05, 0) is 17.9 Å². The maximum absolute atomic E-state index is 11.8. The number of nitriles is 1. The van der Waals surface area contributed by atoms with Crippen molar-refractivity contribution in [3.05, 3.63) is 35.9 Å². The fourth-order valence-electron chi connectivity index (χ4n) is 1.90. The first-order valence-electron chi connectivity index (χ1n) is 6.54. The predicted molar refractivity (Wildman–Crippen MR) is 75.3 cm³/mol. The SMILES string of the molecule is C[C@H](CC#N)[C@H](NC(=O)CCc1ccccc1)C(N)=O. The van der Waals surface area contributed by atoms with Crippen molar-refractivity contribution in [2.75, 3.05) is 0 Å². The van der Waals surface area contributed by atoms with Crippen molar-refractivity contribution in [2.24, 2.45) is 11.7 Å². The third kappa shape index (κ3) is 5.11. The van der Waals surface area contributed by atoms with Crippen LogP contribution >= 0.6 is 0 Å². The number of carbonyl (C=O) groups excluding carboxylic acids is 2. The van der Waals surface area contributed by atoms with E-state index < -0.39 is 11.9 Å². The summed E-state index contributed by atoms with van der Waals surface area (Å²) in [5.74, 6) is -1.14. The number of hydrogen-bond donors (Lipinski definition) is 2. The molecule has 0 aliphatic rings. The summed E-state index contributed by atoms with van der Waals surface area (Å²) in [6.45, 7) is 1.72. The van der Waals surface area contributed by atoms with Gasteiger partial charge in [-0.25, -0.2) is 0 Å². The van der Waals surface area contributed by atoms with Crippen molar-refractivity contribution < 1.29 is 9.59 Å². The largest absolute Gasteiger partial charge is 0.368 e. The fraction of sp³-hybridized carbons (Fsp3) is 0.400. The molecule has 0 heterocycles. The van der Waals surface area contributed by atoms with E-state index in [2.05, 4.69) is 5.32 Å². The molecular formula is C15H19N3O2. The highest BCUT2D eigenvalue weighted by atomic mass is 16.2. The van der Waals surface area contributed by atoms with E-state index in [9.17, 15) is 9.59 Å². The molecule has 0 unspecified atom stereocenters. The number of nitrogens with two attached hydrogens (primary N) is 1. The van der Waals surface area contributed by atoms with E-state index in [0.717, 1.165) is 5.56 Å². The molecule has 0 aromatic heterocycles. The number of rotatable bonds is 7. The van der Waals surface area contributed by atoms with Crippen LogP contribution in [0.15, 0.2) is 30.3 Å². The van der Waals surface area contributed by atoms with Crippen molar-refractivity contribution in [1.29, 1.82) is 5.26 Å². The van der Waals surface area contributed by atoms with Gasteiger partial charge in [-0.15, -0.1) is 0 Å². The van der Waals surface area contributed by atoms with E-state index in [1.54, 1.807) is 6.92 Å². The zero-order valence-electron chi connectivity index (χ0n) is 11.5. The van der Waals surface area contributed by atoms with Crippen LogP contribution in [0.3, 0.4) is 0 Å². The van der Waals surface area contributed by atoms with E-state index in [1.165, 1.54) is 0 Å². The minimum atomic E-state index is -0.794. The number of nitrogens with zero attached hydrogens (tertiary/aromatic N) is 1. The molecule has 106 valence electrons. The molecule has 0 fully saturated rings. The molecule has 2 atom stereocenters. The molecule has 5 heteroatoms. The highest BCUT2D eigenvalue weighted by Gasteiger charge is 2.24. The van der Waals surface area contributed by atoms with E-state index in [1.807, 2.05) is 36.4 Å². The minimum absolute atomic E-state index is 0.173. The van der Waals surface area contributed by atoms with Crippen LogP contribution in [0.1, 0.15) is 25.3 Å². The molecule has 2 amide bonds. The number of carbonyl (C=O) groups is 2. The highest BCUT2D eigenvalue weighted by Crippen LogP contribution is 2.08. The molecule has 0 bridgehead atoms. The van der Waals surface area contributed by atoms with Crippen LogP contribution < -0.4 is 11.1 Å². The maximum atomic E-state index is 11.8. The minimum Gasteiger partial charge on any atom is -0.368 e. The topological polar surface area (TPSA) is 96.0 Å². The van der Waals surface area contributed by atoms with Gasteiger partial charge in [-0.3, -0.25) is 9.59 Å². The second-order valence-electron chi connectivity index (χ2n) is 4.77. The molecular weight excluding hydrogens is 254 g/mol. The monoisotopic (exact) mass is 273 g/mol. The summed E-state index contributed by atoms with van der Waals surface area (Å²) >= 11 is 0. The Morgan fingerprint density at radius 2 is 2.00 bits per heavy atom. The molecule has 3 N–H and O–H groups in total. The molecule has 1 aromatic carbocycles. The van der Waals surface area contributed by atoms with E-state index in [-0.39, 0.29) is 24.7 Å². The van der Waals surface area contributed by atoms with Crippen LogP contribution in [0.2, 0.25) is 0 Å². The van der Waals surface area contributed by atoms with Crippen molar-refractivity contribution >= 4 is 11.8 Å². The van der Waals surface area contributed by atoms with Gasteiger partial charge in [0, 0.05) is 12.8 Å². The smallest absolute Gasteiger partial charge is 0.240 e. The maximum Gasteiger partial charge on any atom is 0.240 e. The molecule has 0 spiro atoms.